The number of sulfone groups is 1. The van der Waals surface area contributed by atoms with Crippen molar-refractivity contribution in [1.29, 1.82) is 0 Å². The van der Waals surface area contributed by atoms with Gasteiger partial charge in [0.15, 0.2) is 0 Å². The second kappa shape index (κ2) is 5.32. The van der Waals surface area contributed by atoms with Crippen LogP contribution >= 0.6 is 0 Å². The topological polar surface area (TPSA) is 51.2 Å². The Morgan fingerprint density at radius 3 is 2.00 bits per heavy atom. The molecule has 0 amide bonds. The largest absolute Gasteiger partial charge is 0.501 e. The van der Waals surface area contributed by atoms with Crippen LogP contribution in [-0.4, -0.2) is 19.7 Å². The molecule has 1 rings (SSSR count). The zero-order chi connectivity index (χ0) is 14.8. The van der Waals surface area contributed by atoms with Crippen molar-refractivity contribution in [1.82, 2.24) is 0 Å². The van der Waals surface area contributed by atoms with Crippen LogP contribution in [0.1, 0.15) is 19.4 Å². The third-order valence-electron chi connectivity index (χ3n) is 2.56. The third-order valence-corrected chi connectivity index (χ3v) is 4.06. The van der Waals surface area contributed by atoms with Crippen LogP contribution in [0.3, 0.4) is 0 Å². The Kier molecular flexibility index (Phi) is 4.39. The summed E-state index contributed by atoms with van der Waals surface area (Å²) in [7, 11) is -5.32. The highest BCUT2D eigenvalue weighted by molar-refractivity contribution is 7.92. The lowest BCUT2D eigenvalue weighted by atomic mass is 10.0. The van der Waals surface area contributed by atoms with Crippen LogP contribution in [0.4, 0.5) is 13.2 Å². The van der Waals surface area contributed by atoms with E-state index < -0.39 is 20.2 Å². The van der Waals surface area contributed by atoms with Crippen LogP contribution in [0.15, 0.2) is 29.2 Å². The first kappa shape index (κ1) is 15.7. The van der Waals surface area contributed by atoms with E-state index in [-0.39, 0.29) is 18.1 Å². The van der Waals surface area contributed by atoms with E-state index in [1.54, 1.807) is 13.8 Å². The maximum Gasteiger partial charge on any atom is 0.501 e. The van der Waals surface area contributed by atoms with Gasteiger partial charge in [-0.2, -0.15) is 13.2 Å². The molecule has 0 aliphatic heterocycles. The molecule has 0 unspecified atom stereocenters. The predicted molar refractivity (Wildman–Crippen MR) is 63.2 cm³/mol. The van der Waals surface area contributed by atoms with E-state index in [2.05, 4.69) is 0 Å². The molecule has 0 N–H and O–H groups in total. The Balaban J connectivity index is 2.98. The van der Waals surface area contributed by atoms with E-state index >= 15 is 0 Å². The number of hydrogen-bond donors (Lipinski definition) is 0. The third kappa shape index (κ3) is 3.56. The van der Waals surface area contributed by atoms with E-state index in [0.717, 1.165) is 12.1 Å². The van der Waals surface area contributed by atoms with Crippen LogP contribution in [0.2, 0.25) is 0 Å². The molecule has 0 aliphatic carbocycles. The monoisotopic (exact) mass is 294 g/mol. The second-order valence-corrected chi connectivity index (χ2v) is 6.33. The summed E-state index contributed by atoms with van der Waals surface area (Å²) in [5.74, 6) is -0.245. The number of rotatable bonds is 4. The number of ketones is 1. The lowest BCUT2D eigenvalue weighted by Gasteiger charge is -2.09. The number of Topliss-reactive ketones (excluding diaryl/α,β-unsaturated/α-hetero) is 1. The molecule has 0 saturated heterocycles. The van der Waals surface area contributed by atoms with Crippen molar-refractivity contribution in [2.45, 2.75) is 30.7 Å². The number of alkyl halides is 3. The average molecular weight is 294 g/mol. The minimum Gasteiger partial charge on any atom is -0.299 e. The normalized spacial score (nSPS) is 12.7. The maximum absolute atomic E-state index is 12.3. The van der Waals surface area contributed by atoms with Crippen LogP contribution in [0.25, 0.3) is 0 Å². The smallest absolute Gasteiger partial charge is 0.299 e. The first-order valence-corrected chi connectivity index (χ1v) is 6.97. The average Bonchev–Trinajstić information content (AvgIpc) is 2.28. The minimum absolute atomic E-state index is 0.0635. The minimum atomic E-state index is -5.32. The fraction of sp³-hybridized carbons (Fsp3) is 0.417. The molecule has 0 saturated carbocycles. The van der Waals surface area contributed by atoms with Crippen LogP contribution in [-0.2, 0) is 21.1 Å². The first-order chi connectivity index (χ1) is 8.55. The van der Waals surface area contributed by atoms with E-state index in [1.807, 2.05) is 0 Å². The summed E-state index contributed by atoms with van der Waals surface area (Å²) in [6.07, 6.45) is 0.0734. The molecule has 0 aliphatic rings. The van der Waals surface area contributed by atoms with Crippen molar-refractivity contribution in [3.8, 4) is 0 Å². The van der Waals surface area contributed by atoms with Gasteiger partial charge in [0.2, 0.25) is 0 Å². The van der Waals surface area contributed by atoms with E-state index in [9.17, 15) is 26.4 Å². The van der Waals surface area contributed by atoms with Gasteiger partial charge in [-0.3, -0.25) is 4.79 Å². The highest BCUT2D eigenvalue weighted by atomic mass is 32.2. The van der Waals surface area contributed by atoms with Crippen molar-refractivity contribution in [3.05, 3.63) is 29.8 Å². The highest BCUT2D eigenvalue weighted by Gasteiger charge is 2.46. The summed E-state index contributed by atoms with van der Waals surface area (Å²) in [5.41, 5.74) is -4.83. The molecular weight excluding hydrogens is 281 g/mol. The molecular formula is C12H13F3O3S. The van der Waals surface area contributed by atoms with E-state index in [4.69, 9.17) is 0 Å². The van der Waals surface area contributed by atoms with Gasteiger partial charge in [0.1, 0.15) is 5.78 Å². The molecule has 0 atom stereocenters. The van der Waals surface area contributed by atoms with E-state index in [0.29, 0.717) is 5.56 Å². The van der Waals surface area contributed by atoms with Gasteiger partial charge >= 0.3 is 5.51 Å². The summed E-state index contributed by atoms with van der Waals surface area (Å²) in [5, 5.41) is 0. The molecule has 106 valence electrons. The number of hydrogen-bond acceptors (Lipinski definition) is 3. The Morgan fingerprint density at radius 2 is 1.63 bits per heavy atom. The van der Waals surface area contributed by atoms with Gasteiger partial charge in [0, 0.05) is 12.3 Å². The van der Waals surface area contributed by atoms with Crippen molar-refractivity contribution in [2.75, 3.05) is 0 Å². The molecule has 1 aromatic carbocycles. The van der Waals surface area contributed by atoms with Crippen LogP contribution in [0.5, 0.6) is 0 Å². The van der Waals surface area contributed by atoms with Gasteiger partial charge in [-0.1, -0.05) is 26.0 Å². The molecule has 1 aromatic rings. The van der Waals surface area contributed by atoms with Gasteiger partial charge in [0.05, 0.1) is 4.90 Å². The maximum atomic E-state index is 12.3. The summed E-state index contributed by atoms with van der Waals surface area (Å²) in [6.45, 7) is 3.43. The molecule has 0 aromatic heterocycles. The molecule has 0 radical (unpaired) electrons. The van der Waals surface area contributed by atoms with Gasteiger partial charge in [-0.25, -0.2) is 8.42 Å². The molecule has 0 heterocycles. The number of carbonyl (C=O) groups is 1. The van der Waals surface area contributed by atoms with Crippen molar-refractivity contribution < 1.29 is 26.4 Å². The number of halogens is 3. The predicted octanol–water partition coefficient (Wildman–Crippen LogP) is 2.75. The van der Waals surface area contributed by atoms with Gasteiger partial charge < -0.3 is 0 Å². The summed E-state index contributed by atoms with van der Waals surface area (Å²) in [4.78, 5) is 10.6. The quantitative estimate of drug-likeness (QED) is 0.858. The molecule has 3 nitrogen and oxygen atoms in total. The molecule has 19 heavy (non-hydrogen) atoms. The van der Waals surface area contributed by atoms with Crippen molar-refractivity contribution >= 4 is 15.6 Å². The Morgan fingerprint density at radius 1 is 1.16 bits per heavy atom. The van der Waals surface area contributed by atoms with Crippen molar-refractivity contribution in [2.24, 2.45) is 5.92 Å². The summed E-state index contributed by atoms with van der Waals surface area (Å²) >= 11 is 0. The fourth-order valence-electron chi connectivity index (χ4n) is 1.33. The van der Waals surface area contributed by atoms with Gasteiger partial charge in [-0.05, 0) is 17.7 Å². The van der Waals surface area contributed by atoms with Crippen LogP contribution in [0, 0.1) is 5.92 Å². The van der Waals surface area contributed by atoms with Crippen LogP contribution < -0.4 is 0 Å². The Labute approximate surface area is 109 Å². The van der Waals surface area contributed by atoms with Gasteiger partial charge in [-0.15, -0.1) is 0 Å². The fourth-order valence-corrected chi connectivity index (χ4v) is 2.09. The zero-order valence-electron chi connectivity index (χ0n) is 10.4. The summed E-state index contributed by atoms with van der Waals surface area (Å²) < 4.78 is 59.1. The number of benzene rings is 1. The lowest BCUT2D eigenvalue weighted by molar-refractivity contribution is -0.121. The van der Waals surface area contributed by atoms with Crippen molar-refractivity contribution in [3.63, 3.8) is 0 Å². The summed E-state index contributed by atoms with van der Waals surface area (Å²) in [6, 6.07) is 4.18. The Hall–Kier alpha value is -1.37. The molecule has 7 heteroatoms. The molecule has 0 spiro atoms. The second-order valence-electron chi connectivity index (χ2n) is 4.39. The molecule has 0 bridgehead atoms. The number of carbonyl (C=O) groups excluding carboxylic acids is 1. The van der Waals surface area contributed by atoms with Gasteiger partial charge in [0.25, 0.3) is 9.84 Å². The Bertz CT molecular complexity index is 557. The highest BCUT2D eigenvalue weighted by Crippen LogP contribution is 2.30. The standard InChI is InChI=1S/C12H13F3O3S/c1-8(2)11(16)7-9-3-5-10(6-4-9)19(17,18)12(13,14)15/h3-6,8H,7H2,1-2H3. The van der Waals surface area contributed by atoms with E-state index in [1.165, 1.54) is 12.1 Å². The SMILES string of the molecule is CC(C)C(=O)Cc1ccc(S(=O)(=O)C(F)(F)F)cc1. The molecule has 0 fully saturated rings. The first-order valence-electron chi connectivity index (χ1n) is 5.48. The zero-order valence-corrected chi connectivity index (χ0v) is 11.2. The lowest BCUT2D eigenvalue weighted by Crippen LogP contribution is -2.23.